The van der Waals surface area contributed by atoms with E-state index in [9.17, 15) is 13.2 Å². The molecule has 0 nitrogen and oxygen atoms in total. The third-order valence-electron chi connectivity index (χ3n) is 2.21. The number of hydrogen-bond donors (Lipinski definition) is 0. The summed E-state index contributed by atoms with van der Waals surface area (Å²) in [7, 11) is 0. The highest BCUT2D eigenvalue weighted by Crippen LogP contribution is 2.39. The predicted octanol–water partition coefficient (Wildman–Crippen LogP) is 5.26. The van der Waals surface area contributed by atoms with Crippen LogP contribution in [0.3, 0.4) is 0 Å². The van der Waals surface area contributed by atoms with E-state index in [-0.39, 0.29) is 5.56 Å². The minimum atomic E-state index is -1.50. The van der Waals surface area contributed by atoms with Gasteiger partial charge in [-0.1, -0.05) is 6.07 Å². The van der Waals surface area contributed by atoms with E-state index in [1.165, 1.54) is 11.3 Å². The molecule has 1 aromatic carbocycles. The van der Waals surface area contributed by atoms with E-state index < -0.39 is 22.8 Å². The van der Waals surface area contributed by atoms with Gasteiger partial charge in [-0.25, -0.2) is 13.2 Å². The largest absolute Gasteiger partial charge is 0.204 e. The molecule has 1 aromatic heterocycles. The SMILES string of the molecule is Fc1ccc(C(Cl)c2sccc2Br)c(F)c1F. The average molecular weight is 342 g/mol. The summed E-state index contributed by atoms with van der Waals surface area (Å²) in [4.78, 5) is 0.650. The fourth-order valence-electron chi connectivity index (χ4n) is 1.36. The normalized spacial score (nSPS) is 12.8. The molecule has 2 aromatic rings. The van der Waals surface area contributed by atoms with E-state index in [0.717, 1.165) is 12.1 Å². The first-order valence-corrected chi connectivity index (χ1v) is 6.63. The number of alkyl halides is 1. The molecule has 0 N–H and O–H groups in total. The third kappa shape index (κ3) is 2.37. The quantitative estimate of drug-likeness (QED) is 0.516. The Labute approximate surface area is 113 Å². The van der Waals surface area contributed by atoms with Crippen molar-refractivity contribution in [3.05, 3.63) is 55.9 Å². The van der Waals surface area contributed by atoms with Crippen LogP contribution in [0.4, 0.5) is 13.2 Å². The van der Waals surface area contributed by atoms with Crippen LogP contribution in [0.15, 0.2) is 28.1 Å². The van der Waals surface area contributed by atoms with Crippen LogP contribution in [-0.2, 0) is 0 Å². The Balaban J connectivity index is 2.48. The minimum absolute atomic E-state index is 0.0753. The van der Waals surface area contributed by atoms with Crippen LogP contribution in [0.5, 0.6) is 0 Å². The van der Waals surface area contributed by atoms with Crippen LogP contribution in [0.25, 0.3) is 0 Å². The van der Waals surface area contributed by atoms with Gasteiger partial charge in [0.1, 0.15) is 0 Å². The van der Waals surface area contributed by atoms with Gasteiger partial charge in [0.15, 0.2) is 17.5 Å². The van der Waals surface area contributed by atoms with Crippen molar-refractivity contribution in [3.8, 4) is 0 Å². The van der Waals surface area contributed by atoms with Gasteiger partial charge in [-0.3, -0.25) is 0 Å². The Morgan fingerprint density at radius 2 is 1.82 bits per heavy atom. The second-order valence-corrected chi connectivity index (χ2v) is 5.50. The average Bonchev–Trinajstić information content (AvgIpc) is 2.72. The second kappa shape index (κ2) is 5.00. The van der Waals surface area contributed by atoms with Crippen molar-refractivity contribution in [1.82, 2.24) is 0 Å². The lowest BCUT2D eigenvalue weighted by Crippen LogP contribution is -2.00. The standard InChI is InChI=1S/C11H5BrClF3S/c12-6-3-4-17-11(6)8(13)5-1-2-7(14)10(16)9(5)15/h1-4,8H. The van der Waals surface area contributed by atoms with Crippen molar-refractivity contribution < 1.29 is 13.2 Å². The maximum absolute atomic E-state index is 13.5. The van der Waals surface area contributed by atoms with E-state index in [1.54, 1.807) is 11.4 Å². The van der Waals surface area contributed by atoms with Gasteiger partial charge in [0.25, 0.3) is 0 Å². The Morgan fingerprint density at radius 1 is 1.12 bits per heavy atom. The Hall–Kier alpha value is -0.520. The molecule has 90 valence electrons. The lowest BCUT2D eigenvalue weighted by Gasteiger charge is -2.10. The number of benzene rings is 1. The summed E-state index contributed by atoms with van der Waals surface area (Å²) in [5.41, 5.74) is -0.0753. The molecule has 1 unspecified atom stereocenters. The van der Waals surface area contributed by atoms with Crippen molar-refractivity contribution in [1.29, 1.82) is 0 Å². The zero-order chi connectivity index (χ0) is 12.6. The molecular formula is C11H5BrClF3S. The zero-order valence-corrected chi connectivity index (χ0v) is 11.3. The Kier molecular flexibility index (Phi) is 3.80. The maximum atomic E-state index is 13.5. The van der Waals surface area contributed by atoms with Crippen LogP contribution in [0.2, 0.25) is 0 Å². The predicted molar refractivity (Wildman–Crippen MR) is 66.0 cm³/mol. The van der Waals surface area contributed by atoms with Gasteiger partial charge in [-0.2, -0.15) is 0 Å². The Bertz CT molecular complexity index is 556. The fourth-order valence-corrected chi connectivity index (χ4v) is 3.53. The van der Waals surface area contributed by atoms with E-state index in [2.05, 4.69) is 15.9 Å². The zero-order valence-electron chi connectivity index (χ0n) is 8.18. The molecule has 0 radical (unpaired) electrons. The van der Waals surface area contributed by atoms with E-state index in [0.29, 0.717) is 9.35 Å². The summed E-state index contributed by atoms with van der Waals surface area (Å²) in [6, 6.07) is 3.77. The van der Waals surface area contributed by atoms with Crippen molar-refractivity contribution in [2.45, 2.75) is 5.38 Å². The van der Waals surface area contributed by atoms with E-state index in [4.69, 9.17) is 11.6 Å². The Morgan fingerprint density at radius 3 is 2.41 bits per heavy atom. The highest BCUT2D eigenvalue weighted by atomic mass is 79.9. The summed E-state index contributed by atoms with van der Waals surface area (Å²) in [6.07, 6.45) is 0. The lowest BCUT2D eigenvalue weighted by atomic mass is 10.1. The summed E-state index contributed by atoms with van der Waals surface area (Å²) >= 11 is 10.6. The van der Waals surface area contributed by atoms with Crippen LogP contribution < -0.4 is 0 Å². The third-order valence-corrected chi connectivity index (χ3v) is 4.73. The highest BCUT2D eigenvalue weighted by Gasteiger charge is 2.22. The first-order valence-electron chi connectivity index (χ1n) is 4.52. The molecule has 0 bridgehead atoms. The maximum Gasteiger partial charge on any atom is 0.194 e. The van der Waals surface area contributed by atoms with E-state index >= 15 is 0 Å². The summed E-state index contributed by atoms with van der Waals surface area (Å²) in [5.74, 6) is -3.97. The molecule has 0 saturated carbocycles. The highest BCUT2D eigenvalue weighted by molar-refractivity contribution is 9.10. The first-order chi connectivity index (χ1) is 8.02. The molecule has 0 amide bonds. The molecule has 0 spiro atoms. The summed E-state index contributed by atoms with van der Waals surface area (Å²) < 4.78 is 40.1. The van der Waals surface area contributed by atoms with Gasteiger partial charge < -0.3 is 0 Å². The molecule has 6 heteroatoms. The van der Waals surface area contributed by atoms with Gasteiger partial charge in [0, 0.05) is 14.9 Å². The molecule has 0 saturated heterocycles. The van der Waals surface area contributed by atoms with Gasteiger partial charge in [0.05, 0.1) is 5.38 Å². The van der Waals surface area contributed by atoms with Crippen LogP contribution in [0, 0.1) is 17.5 Å². The van der Waals surface area contributed by atoms with Crippen LogP contribution >= 0.6 is 38.9 Å². The van der Waals surface area contributed by atoms with Crippen LogP contribution in [0.1, 0.15) is 15.8 Å². The van der Waals surface area contributed by atoms with Gasteiger partial charge in [-0.05, 0) is 33.4 Å². The molecule has 0 aliphatic carbocycles. The van der Waals surface area contributed by atoms with Gasteiger partial charge in [0.2, 0.25) is 0 Å². The number of halogens is 5. The number of hydrogen-bond acceptors (Lipinski definition) is 1. The summed E-state index contributed by atoms with van der Waals surface area (Å²) in [5, 5.41) is 0.923. The molecule has 0 aliphatic heterocycles. The van der Waals surface area contributed by atoms with Gasteiger partial charge >= 0.3 is 0 Å². The van der Waals surface area contributed by atoms with Crippen molar-refractivity contribution in [3.63, 3.8) is 0 Å². The lowest BCUT2D eigenvalue weighted by molar-refractivity contribution is 0.441. The monoisotopic (exact) mass is 340 g/mol. The molecule has 17 heavy (non-hydrogen) atoms. The van der Waals surface area contributed by atoms with Gasteiger partial charge in [-0.15, -0.1) is 22.9 Å². The van der Waals surface area contributed by atoms with E-state index in [1.807, 2.05) is 0 Å². The van der Waals surface area contributed by atoms with Crippen LogP contribution in [-0.4, -0.2) is 0 Å². The molecule has 1 atom stereocenters. The van der Waals surface area contributed by atoms with Crippen molar-refractivity contribution >= 4 is 38.9 Å². The molecule has 0 aliphatic rings. The smallest absolute Gasteiger partial charge is 0.194 e. The minimum Gasteiger partial charge on any atom is -0.204 e. The second-order valence-electron chi connectivity index (χ2n) is 3.26. The molecule has 0 fully saturated rings. The topological polar surface area (TPSA) is 0 Å². The van der Waals surface area contributed by atoms with Crippen molar-refractivity contribution in [2.24, 2.45) is 0 Å². The van der Waals surface area contributed by atoms with Crippen molar-refractivity contribution in [2.75, 3.05) is 0 Å². The number of thiophene rings is 1. The molecule has 2 rings (SSSR count). The molecule has 1 heterocycles. The number of rotatable bonds is 2. The fraction of sp³-hybridized carbons (Fsp3) is 0.0909. The first kappa shape index (κ1) is 12.9. The molecular weight excluding hydrogens is 337 g/mol. The summed E-state index contributed by atoms with van der Waals surface area (Å²) in [6.45, 7) is 0.